The number of rotatable bonds is 8. The van der Waals surface area contributed by atoms with Gasteiger partial charge in [0.1, 0.15) is 0 Å². The van der Waals surface area contributed by atoms with Gasteiger partial charge in [0, 0.05) is 6.54 Å². The van der Waals surface area contributed by atoms with Crippen molar-refractivity contribution in [3.8, 4) is 0 Å². The molecule has 0 fully saturated rings. The van der Waals surface area contributed by atoms with Crippen molar-refractivity contribution in [2.45, 2.75) is 51.1 Å². The topological polar surface area (TPSA) is 63.3 Å². The van der Waals surface area contributed by atoms with E-state index in [1.165, 1.54) is 0 Å². The molecule has 0 amide bonds. The number of aliphatic carboxylic acids is 1. The van der Waals surface area contributed by atoms with E-state index in [9.17, 15) is 44.3 Å². The van der Waals surface area contributed by atoms with Crippen LogP contribution in [0.5, 0.6) is 0 Å². The van der Waals surface area contributed by atoms with Gasteiger partial charge in [-0.05, 0) is 36.8 Å². The van der Waals surface area contributed by atoms with Gasteiger partial charge in [-0.3, -0.25) is 4.79 Å². The van der Waals surface area contributed by atoms with E-state index in [-0.39, 0.29) is 25.5 Å². The molecule has 1 aromatic carbocycles. The number of alkyl halides is 9. The van der Waals surface area contributed by atoms with Crippen molar-refractivity contribution in [3.63, 3.8) is 0 Å². The molecule has 2 atom stereocenters. The zero-order valence-corrected chi connectivity index (χ0v) is 15.7. The predicted molar refractivity (Wildman–Crippen MR) is 88.3 cm³/mol. The summed E-state index contributed by atoms with van der Waals surface area (Å²) >= 11 is 0. The molecule has 1 rings (SSSR count). The highest BCUT2D eigenvalue weighted by molar-refractivity contribution is 5.70. The van der Waals surface area contributed by atoms with E-state index in [2.05, 4.69) is 0 Å². The van der Waals surface area contributed by atoms with Crippen molar-refractivity contribution in [2.75, 3.05) is 6.54 Å². The third-order valence-electron chi connectivity index (χ3n) is 4.81. The normalized spacial score (nSPS) is 15.2. The van der Waals surface area contributed by atoms with Gasteiger partial charge < -0.3 is 10.8 Å². The van der Waals surface area contributed by atoms with Crippen LogP contribution in [-0.2, 0) is 29.7 Å². The summed E-state index contributed by atoms with van der Waals surface area (Å²) in [5.41, 5.74) is -3.14. The van der Waals surface area contributed by atoms with Crippen LogP contribution in [0.25, 0.3) is 0 Å². The Hall–Kier alpha value is -1.98. The van der Waals surface area contributed by atoms with E-state index in [1.807, 2.05) is 0 Å². The number of carboxylic acid groups (broad SMARTS) is 1. The SMILES string of the molecule is CCC(CCc1ccc(C(F)(F)F)c(C(F)(F)F)c1C(F)(F)F)CC(CN)C(=O)O. The van der Waals surface area contributed by atoms with Crippen molar-refractivity contribution < 1.29 is 49.4 Å². The van der Waals surface area contributed by atoms with E-state index in [0.29, 0.717) is 12.5 Å². The van der Waals surface area contributed by atoms with Crippen LogP contribution >= 0.6 is 0 Å². The van der Waals surface area contributed by atoms with Crippen molar-refractivity contribution in [2.24, 2.45) is 17.6 Å². The van der Waals surface area contributed by atoms with E-state index in [1.54, 1.807) is 6.92 Å². The van der Waals surface area contributed by atoms with Crippen LogP contribution < -0.4 is 5.73 Å². The molecule has 172 valence electrons. The molecule has 3 nitrogen and oxygen atoms in total. The predicted octanol–water partition coefficient (Wildman–Crippen LogP) is 5.75. The Labute approximate surface area is 166 Å². The van der Waals surface area contributed by atoms with Crippen molar-refractivity contribution in [1.29, 1.82) is 0 Å². The second-order valence-electron chi connectivity index (χ2n) is 6.84. The zero-order chi connectivity index (χ0) is 23.5. The highest BCUT2D eigenvalue weighted by Gasteiger charge is 2.51. The van der Waals surface area contributed by atoms with Gasteiger partial charge in [-0.25, -0.2) is 0 Å². The van der Waals surface area contributed by atoms with Crippen LogP contribution in [0, 0.1) is 11.8 Å². The molecule has 0 saturated carbocycles. The molecule has 0 radical (unpaired) electrons. The van der Waals surface area contributed by atoms with Gasteiger partial charge in [0.25, 0.3) is 0 Å². The fraction of sp³-hybridized carbons (Fsp3) is 0.611. The van der Waals surface area contributed by atoms with Gasteiger partial charge in [0.2, 0.25) is 0 Å². The third kappa shape index (κ3) is 6.51. The van der Waals surface area contributed by atoms with Gasteiger partial charge >= 0.3 is 24.5 Å². The highest BCUT2D eigenvalue weighted by atomic mass is 19.4. The van der Waals surface area contributed by atoms with E-state index < -0.39 is 65.0 Å². The first kappa shape index (κ1) is 26.1. The summed E-state index contributed by atoms with van der Waals surface area (Å²) in [5.74, 6) is -2.71. The Bertz CT molecular complexity index is 739. The van der Waals surface area contributed by atoms with Crippen LogP contribution in [0.4, 0.5) is 39.5 Å². The van der Waals surface area contributed by atoms with Crippen LogP contribution in [-0.4, -0.2) is 17.6 Å². The maximum Gasteiger partial charge on any atom is 0.417 e. The minimum atomic E-state index is -5.89. The number of benzene rings is 1. The summed E-state index contributed by atoms with van der Waals surface area (Å²) in [4.78, 5) is 11.1. The zero-order valence-electron chi connectivity index (χ0n) is 15.7. The molecule has 1 aromatic rings. The third-order valence-corrected chi connectivity index (χ3v) is 4.81. The number of nitrogens with two attached hydrogens (primary N) is 1. The minimum Gasteiger partial charge on any atom is -0.481 e. The standard InChI is InChI=1S/C18H20F9NO2/c1-2-9(7-11(8-28)15(29)30)3-4-10-5-6-12(16(19,20)21)14(18(25,26)27)13(10)17(22,23)24/h5-6,9,11H,2-4,7-8,28H2,1H3,(H,29,30). The first-order chi connectivity index (χ1) is 13.5. The molecule has 0 aromatic heterocycles. The lowest BCUT2D eigenvalue weighted by Gasteiger charge is -2.24. The van der Waals surface area contributed by atoms with Gasteiger partial charge in [0.05, 0.1) is 22.6 Å². The van der Waals surface area contributed by atoms with Crippen LogP contribution in [0.3, 0.4) is 0 Å². The Morgan fingerprint density at radius 2 is 1.50 bits per heavy atom. The molecule has 2 unspecified atom stereocenters. The van der Waals surface area contributed by atoms with Crippen molar-refractivity contribution in [1.82, 2.24) is 0 Å². The fourth-order valence-corrected chi connectivity index (χ4v) is 3.26. The summed E-state index contributed by atoms with van der Waals surface area (Å²) in [7, 11) is 0. The second-order valence-corrected chi connectivity index (χ2v) is 6.84. The molecule has 3 N–H and O–H groups in total. The average molecular weight is 453 g/mol. The second kappa shape index (κ2) is 9.44. The van der Waals surface area contributed by atoms with E-state index in [4.69, 9.17) is 10.8 Å². The maximum absolute atomic E-state index is 13.4. The molecule has 30 heavy (non-hydrogen) atoms. The monoisotopic (exact) mass is 453 g/mol. The fourth-order valence-electron chi connectivity index (χ4n) is 3.26. The molecule has 0 heterocycles. The molecule has 0 spiro atoms. The number of carbonyl (C=O) groups is 1. The molecule has 0 aliphatic carbocycles. The lowest BCUT2D eigenvalue weighted by molar-refractivity contribution is -0.175. The quantitative estimate of drug-likeness (QED) is 0.493. The summed E-state index contributed by atoms with van der Waals surface area (Å²) in [5, 5.41) is 9.03. The average Bonchev–Trinajstić information content (AvgIpc) is 2.58. The van der Waals surface area contributed by atoms with Crippen molar-refractivity contribution in [3.05, 3.63) is 34.4 Å². The lowest BCUT2D eigenvalue weighted by atomic mass is 9.85. The van der Waals surface area contributed by atoms with Crippen molar-refractivity contribution >= 4 is 5.97 Å². The molecular formula is C18H20F9NO2. The Morgan fingerprint density at radius 3 is 1.87 bits per heavy atom. The lowest BCUT2D eigenvalue weighted by Crippen LogP contribution is -2.26. The molecule has 0 aliphatic heterocycles. The van der Waals surface area contributed by atoms with Crippen LogP contribution in [0.1, 0.15) is 48.4 Å². The Kier molecular flexibility index (Phi) is 8.20. The molecule has 0 bridgehead atoms. The largest absolute Gasteiger partial charge is 0.481 e. The van der Waals surface area contributed by atoms with Crippen LogP contribution in [0.2, 0.25) is 0 Å². The number of carboxylic acids is 1. The first-order valence-corrected chi connectivity index (χ1v) is 8.84. The minimum absolute atomic E-state index is 0.00567. The van der Waals surface area contributed by atoms with E-state index in [0.717, 1.165) is 0 Å². The molecule has 0 saturated heterocycles. The van der Waals surface area contributed by atoms with Gasteiger partial charge in [-0.15, -0.1) is 0 Å². The highest BCUT2D eigenvalue weighted by Crippen LogP contribution is 2.48. The Balaban J connectivity index is 3.42. The maximum atomic E-state index is 13.4. The number of hydrogen-bond acceptors (Lipinski definition) is 2. The summed E-state index contributed by atoms with van der Waals surface area (Å²) in [6.45, 7) is 1.37. The molecule has 0 aliphatic rings. The first-order valence-electron chi connectivity index (χ1n) is 8.84. The number of halogens is 9. The summed E-state index contributed by atoms with van der Waals surface area (Å²) in [6.07, 6.45) is -17.7. The Morgan fingerprint density at radius 1 is 0.967 bits per heavy atom. The molecular weight excluding hydrogens is 433 g/mol. The number of hydrogen-bond donors (Lipinski definition) is 2. The summed E-state index contributed by atoms with van der Waals surface area (Å²) < 4.78 is 119. The molecule has 12 heteroatoms. The smallest absolute Gasteiger partial charge is 0.417 e. The van der Waals surface area contributed by atoms with Crippen LogP contribution in [0.15, 0.2) is 12.1 Å². The van der Waals surface area contributed by atoms with Gasteiger partial charge in [-0.2, -0.15) is 39.5 Å². The summed E-state index contributed by atoms with van der Waals surface area (Å²) in [6, 6.07) is 0.388. The van der Waals surface area contributed by atoms with Gasteiger partial charge in [0.15, 0.2) is 0 Å². The van der Waals surface area contributed by atoms with E-state index >= 15 is 0 Å². The van der Waals surface area contributed by atoms with Gasteiger partial charge in [-0.1, -0.05) is 19.4 Å². The number of aryl methyl sites for hydroxylation is 1.